The number of nitrogens with two attached hydrogens (primary N) is 1. The average Bonchev–Trinajstić information content (AvgIpc) is 3.18. The topological polar surface area (TPSA) is 132 Å². The SMILES string of the molecule is CN(C)Cc1ccc(N=C(c2ccccc2)c2c(O)[nH]c3cc(C(N)=O)ccc23)cc1.O=C(O)C(F)(F)F. The van der Waals surface area contributed by atoms with Crippen LogP contribution in [-0.4, -0.2) is 58.0 Å². The molecule has 0 saturated heterocycles. The lowest BCUT2D eigenvalue weighted by Gasteiger charge is -2.10. The Morgan fingerprint density at radius 3 is 2.11 bits per heavy atom. The van der Waals surface area contributed by atoms with E-state index in [4.69, 9.17) is 20.6 Å². The number of aliphatic carboxylic acids is 1. The zero-order valence-electron chi connectivity index (χ0n) is 20.5. The van der Waals surface area contributed by atoms with Gasteiger partial charge in [0.25, 0.3) is 0 Å². The number of amides is 1. The van der Waals surface area contributed by atoms with Gasteiger partial charge in [-0.25, -0.2) is 9.79 Å². The molecule has 0 unspecified atom stereocenters. The number of benzene rings is 3. The van der Waals surface area contributed by atoms with E-state index in [1.54, 1.807) is 18.2 Å². The number of hydrogen-bond donors (Lipinski definition) is 4. The van der Waals surface area contributed by atoms with E-state index in [-0.39, 0.29) is 5.88 Å². The summed E-state index contributed by atoms with van der Waals surface area (Å²) < 4.78 is 31.7. The summed E-state index contributed by atoms with van der Waals surface area (Å²) in [6.45, 7) is 0.848. The molecule has 5 N–H and O–H groups in total. The second-order valence-corrected chi connectivity index (χ2v) is 8.51. The zero-order valence-corrected chi connectivity index (χ0v) is 20.5. The van der Waals surface area contributed by atoms with Gasteiger partial charge in [0.15, 0.2) is 5.88 Å². The Morgan fingerprint density at radius 1 is 0.974 bits per heavy atom. The Morgan fingerprint density at radius 2 is 1.58 bits per heavy atom. The first-order valence-electron chi connectivity index (χ1n) is 11.2. The summed E-state index contributed by atoms with van der Waals surface area (Å²) in [7, 11) is 4.06. The maximum Gasteiger partial charge on any atom is 0.490 e. The molecule has 0 radical (unpaired) electrons. The lowest BCUT2D eigenvalue weighted by atomic mass is 10.00. The summed E-state index contributed by atoms with van der Waals surface area (Å²) in [5.41, 5.74) is 10.5. The molecule has 38 heavy (non-hydrogen) atoms. The number of hydrogen-bond acceptors (Lipinski definition) is 5. The first kappa shape index (κ1) is 27.9. The van der Waals surface area contributed by atoms with Gasteiger partial charge in [0, 0.05) is 28.6 Å². The highest BCUT2D eigenvalue weighted by Crippen LogP contribution is 2.32. The van der Waals surface area contributed by atoms with Gasteiger partial charge < -0.3 is 25.8 Å². The van der Waals surface area contributed by atoms with E-state index in [9.17, 15) is 23.1 Å². The fourth-order valence-corrected chi connectivity index (χ4v) is 3.61. The van der Waals surface area contributed by atoms with Crippen LogP contribution in [0.1, 0.15) is 27.0 Å². The van der Waals surface area contributed by atoms with Crippen molar-refractivity contribution in [2.45, 2.75) is 12.7 Å². The van der Waals surface area contributed by atoms with Gasteiger partial charge in [-0.3, -0.25) is 4.79 Å². The Kier molecular flexibility index (Phi) is 8.53. The van der Waals surface area contributed by atoms with Crippen molar-refractivity contribution in [1.29, 1.82) is 0 Å². The highest BCUT2D eigenvalue weighted by Gasteiger charge is 2.38. The number of H-pyrrole nitrogens is 1. The van der Waals surface area contributed by atoms with Crippen LogP contribution in [0.5, 0.6) is 5.88 Å². The highest BCUT2D eigenvalue weighted by atomic mass is 19.4. The van der Waals surface area contributed by atoms with Gasteiger partial charge >= 0.3 is 12.1 Å². The number of carbonyl (C=O) groups excluding carboxylic acids is 1. The molecular formula is C27H25F3N4O4. The number of primary amides is 1. The third kappa shape index (κ3) is 6.98. The fourth-order valence-electron chi connectivity index (χ4n) is 3.61. The minimum Gasteiger partial charge on any atom is -0.494 e. The predicted octanol–water partition coefficient (Wildman–Crippen LogP) is 4.84. The number of nitrogens with zero attached hydrogens (tertiary/aromatic N) is 2. The quantitative estimate of drug-likeness (QED) is 0.267. The molecule has 1 heterocycles. The molecule has 1 aromatic heterocycles. The number of fused-ring (bicyclic) bond motifs is 1. The zero-order chi connectivity index (χ0) is 28.0. The molecule has 4 rings (SSSR count). The van der Waals surface area contributed by atoms with E-state index in [2.05, 4.69) is 22.0 Å². The number of carbonyl (C=O) groups is 2. The third-order valence-corrected chi connectivity index (χ3v) is 5.27. The van der Waals surface area contributed by atoms with Crippen molar-refractivity contribution in [1.82, 2.24) is 9.88 Å². The monoisotopic (exact) mass is 526 g/mol. The largest absolute Gasteiger partial charge is 0.494 e. The lowest BCUT2D eigenvalue weighted by molar-refractivity contribution is -0.192. The van der Waals surface area contributed by atoms with Crippen molar-refractivity contribution in [2.75, 3.05) is 14.1 Å². The Labute approximate surface area is 215 Å². The molecule has 0 aliphatic rings. The average molecular weight is 527 g/mol. The van der Waals surface area contributed by atoms with Gasteiger partial charge in [-0.2, -0.15) is 13.2 Å². The van der Waals surface area contributed by atoms with E-state index in [1.165, 1.54) is 5.56 Å². The van der Waals surface area contributed by atoms with Crippen LogP contribution in [0.4, 0.5) is 18.9 Å². The molecule has 0 aliphatic heterocycles. The minimum absolute atomic E-state index is 0.0107. The van der Waals surface area contributed by atoms with Gasteiger partial charge in [0.2, 0.25) is 5.91 Å². The minimum atomic E-state index is -5.08. The third-order valence-electron chi connectivity index (χ3n) is 5.27. The second kappa shape index (κ2) is 11.6. The summed E-state index contributed by atoms with van der Waals surface area (Å²) in [5, 5.41) is 18.6. The number of nitrogens with one attached hydrogen (secondary N) is 1. The molecule has 0 saturated carbocycles. The molecule has 3 aromatic carbocycles. The fraction of sp³-hybridized carbons (Fsp3) is 0.148. The van der Waals surface area contributed by atoms with Gasteiger partial charge in [-0.05, 0) is 43.9 Å². The number of aliphatic imine (C=N–C) groups is 1. The van der Waals surface area contributed by atoms with Gasteiger partial charge in [0.1, 0.15) is 0 Å². The molecule has 198 valence electrons. The number of aromatic amines is 1. The highest BCUT2D eigenvalue weighted by molar-refractivity contribution is 6.22. The van der Waals surface area contributed by atoms with E-state index >= 15 is 0 Å². The van der Waals surface area contributed by atoms with Gasteiger partial charge in [-0.15, -0.1) is 0 Å². The van der Waals surface area contributed by atoms with Crippen molar-refractivity contribution in [3.63, 3.8) is 0 Å². The van der Waals surface area contributed by atoms with E-state index in [0.29, 0.717) is 22.4 Å². The van der Waals surface area contributed by atoms with E-state index < -0.39 is 18.1 Å². The number of rotatable bonds is 6. The number of carboxylic acids is 1. The first-order valence-corrected chi connectivity index (χ1v) is 11.2. The summed E-state index contributed by atoms with van der Waals surface area (Å²) >= 11 is 0. The lowest BCUT2D eigenvalue weighted by Crippen LogP contribution is -2.21. The predicted molar refractivity (Wildman–Crippen MR) is 138 cm³/mol. The molecule has 0 aliphatic carbocycles. The van der Waals surface area contributed by atoms with Crippen LogP contribution in [0.3, 0.4) is 0 Å². The molecule has 0 bridgehead atoms. The smallest absolute Gasteiger partial charge is 0.490 e. The number of aromatic hydroxyl groups is 1. The van der Waals surface area contributed by atoms with Gasteiger partial charge in [0.05, 0.1) is 17.0 Å². The van der Waals surface area contributed by atoms with Crippen LogP contribution >= 0.6 is 0 Å². The molecule has 4 aromatic rings. The van der Waals surface area contributed by atoms with Crippen molar-refractivity contribution in [3.8, 4) is 5.88 Å². The molecule has 0 atom stereocenters. The van der Waals surface area contributed by atoms with Crippen LogP contribution in [0, 0.1) is 0 Å². The molecule has 0 fully saturated rings. The van der Waals surface area contributed by atoms with Crippen molar-refractivity contribution in [3.05, 3.63) is 95.1 Å². The number of carboxylic acid groups (broad SMARTS) is 1. The maximum atomic E-state index is 11.5. The summed E-state index contributed by atoms with van der Waals surface area (Å²) in [5.74, 6) is -3.29. The molecule has 1 amide bonds. The summed E-state index contributed by atoms with van der Waals surface area (Å²) in [4.78, 5) is 30.4. The molecule has 0 spiro atoms. The van der Waals surface area contributed by atoms with Crippen LogP contribution < -0.4 is 5.73 Å². The number of alkyl halides is 3. The van der Waals surface area contributed by atoms with E-state index in [1.807, 2.05) is 56.6 Å². The molecule has 11 heteroatoms. The Balaban J connectivity index is 0.000000505. The summed E-state index contributed by atoms with van der Waals surface area (Å²) in [6, 6.07) is 22.8. The van der Waals surface area contributed by atoms with Crippen molar-refractivity contribution in [2.24, 2.45) is 10.7 Å². The molecular weight excluding hydrogens is 501 g/mol. The summed E-state index contributed by atoms with van der Waals surface area (Å²) in [6.07, 6.45) is -5.08. The second-order valence-electron chi connectivity index (χ2n) is 8.51. The standard InChI is InChI=1S/C25H24N4O2.C2HF3O2/c1-29(2)15-16-8-11-19(12-9-16)27-23(17-6-4-3-5-7-17)22-20-13-10-18(24(26)30)14-21(20)28-25(22)31;3-2(4,5)1(6)7/h3-14,28,31H,15H2,1-2H3,(H2,26,30);(H,6,7). The van der Waals surface area contributed by atoms with Crippen LogP contribution in [0.2, 0.25) is 0 Å². The van der Waals surface area contributed by atoms with Crippen LogP contribution in [0.25, 0.3) is 10.9 Å². The van der Waals surface area contributed by atoms with Crippen LogP contribution in [0.15, 0.2) is 77.8 Å². The Hall–Kier alpha value is -4.64. The van der Waals surface area contributed by atoms with E-state index in [0.717, 1.165) is 23.2 Å². The molecule has 8 nitrogen and oxygen atoms in total. The Bertz CT molecular complexity index is 1460. The normalized spacial score (nSPS) is 11.8. The van der Waals surface area contributed by atoms with Crippen LogP contribution in [-0.2, 0) is 11.3 Å². The first-order chi connectivity index (χ1) is 17.9. The van der Waals surface area contributed by atoms with Crippen molar-refractivity contribution >= 4 is 34.2 Å². The van der Waals surface area contributed by atoms with Gasteiger partial charge in [-0.1, -0.05) is 48.5 Å². The number of halogens is 3. The maximum absolute atomic E-state index is 11.5. The number of aromatic nitrogens is 1. The van der Waals surface area contributed by atoms with Crippen molar-refractivity contribution < 1.29 is 33.0 Å².